The van der Waals surface area contributed by atoms with Gasteiger partial charge in [-0.1, -0.05) is 41.7 Å². The van der Waals surface area contributed by atoms with Gasteiger partial charge in [-0.05, 0) is 24.3 Å². The maximum Gasteiger partial charge on any atom is 0.235 e. The van der Waals surface area contributed by atoms with E-state index in [0.717, 1.165) is 32.9 Å². The fourth-order valence-electron chi connectivity index (χ4n) is 2.34. The van der Waals surface area contributed by atoms with E-state index in [4.69, 9.17) is 4.74 Å². The van der Waals surface area contributed by atoms with Crippen molar-refractivity contribution in [1.82, 2.24) is 19.8 Å². The molecule has 4 rings (SSSR count). The highest BCUT2D eigenvalue weighted by atomic mass is 32.2. The third-order valence-corrected chi connectivity index (χ3v) is 5.44. The van der Waals surface area contributed by atoms with Gasteiger partial charge in [0.15, 0.2) is 10.8 Å². The van der Waals surface area contributed by atoms with Gasteiger partial charge in [0.25, 0.3) is 0 Å². The summed E-state index contributed by atoms with van der Waals surface area (Å²) in [6.45, 7) is 0. The number of ether oxygens (including phenoxy) is 1. The summed E-state index contributed by atoms with van der Waals surface area (Å²) in [4.78, 5) is 1.99. The van der Waals surface area contributed by atoms with Gasteiger partial charge in [0.05, 0.1) is 18.4 Å². The first-order valence-electron chi connectivity index (χ1n) is 7.37. The number of nitrogens with zero attached hydrogens (tertiary/aromatic N) is 4. The zero-order valence-electron chi connectivity index (χ0n) is 12.9. The van der Waals surface area contributed by atoms with Gasteiger partial charge in [-0.2, -0.15) is 9.61 Å². The zero-order valence-corrected chi connectivity index (χ0v) is 14.5. The highest BCUT2D eigenvalue weighted by molar-refractivity contribution is 7.98. The summed E-state index contributed by atoms with van der Waals surface area (Å²) in [6.07, 6.45) is 0. The van der Waals surface area contributed by atoms with Crippen molar-refractivity contribution >= 4 is 28.1 Å². The minimum absolute atomic E-state index is 0.722. The van der Waals surface area contributed by atoms with Crippen LogP contribution < -0.4 is 4.74 Å². The smallest absolute Gasteiger partial charge is 0.235 e. The van der Waals surface area contributed by atoms with Crippen molar-refractivity contribution in [3.8, 4) is 16.3 Å². The molecule has 0 atom stereocenters. The van der Waals surface area contributed by atoms with E-state index in [1.54, 1.807) is 18.9 Å². The summed E-state index contributed by atoms with van der Waals surface area (Å²) in [5, 5.41) is 14.1. The molecule has 0 N–H and O–H groups in total. The Morgan fingerprint density at radius 2 is 1.83 bits per heavy atom. The molecule has 24 heavy (non-hydrogen) atoms. The molecule has 0 spiro atoms. The predicted molar refractivity (Wildman–Crippen MR) is 96.7 cm³/mol. The largest absolute Gasteiger partial charge is 0.496 e. The second-order valence-electron chi connectivity index (χ2n) is 5.02. The second-order valence-corrected chi connectivity index (χ2v) is 7.02. The lowest BCUT2D eigenvalue weighted by atomic mass is 10.2. The Bertz CT molecular complexity index is 965. The van der Waals surface area contributed by atoms with Crippen LogP contribution in [0.3, 0.4) is 0 Å². The third-order valence-electron chi connectivity index (χ3n) is 3.50. The molecule has 120 valence electrons. The van der Waals surface area contributed by atoms with Crippen molar-refractivity contribution in [2.75, 3.05) is 7.11 Å². The molecule has 7 heteroatoms. The molecule has 0 unspecified atom stereocenters. The average molecular weight is 354 g/mol. The van der Waals surface area contributed by atoms with Crippen LogP contribution in [0.1, 0.15) is 5.82 Å². The molecule has 0 aliphatic heterocycles. The van der Waals surface area contributed by atoms with Crippen LogP contribution in [0.25, 0.3) is 15.5 Å². The van der Waals surface area contributed by atoms with Gasteiger partial charge < -0.3 is 4.74 Å². The van der Waals surface area contributed by atoms with Crippen molar-refractivity contribution in [3.63, 3.8) is 0 Å². The van der Waals surface area contributed by atoms with E-state index in [-0.39, 0.29) is 0 Å². The van der Waals surface area contributed by atoms with Crippen molar-refractivity contribution in [2.45, 2.75) is 10.6 Å². The number of hydrogen-bond donors (Lipinski definition) is 0. The van der Waals surface area contributed by atoms with Gasteiger partial charge in [-0.15, -0.1) is 22.0 Å². The maximum absolute atomic E-state index is 5.43. The number of thioether (sulfide) groups is 1. The number of hydrogen-bond acceptors (Lipinski definition) is 6. The van der Waals surface area contributed by atoms with Gasteiger partial charge in [-0.3, -0.25) is 0 Å². The summed E-state index contributed by atoms with van der Waals surface area (Å²) >= 11 is 3.23. The van der Waals surface area contributed by atoms with Crippen LogP contribution in [0.5, 0.6) is 5.75 Å². The molecule has 2 heterocycles. The molecule has 0 aliphatic carbocycles. The Balaban J connectivity index is 1.64. The van der Waals surface area contributed by atoms with E-state index in [9.17, 15) is 0 Å². The summed E-state index contributed by atoms with van der Waals surface area (Å²) in [5.41, 5.74) is 0.970. The Hall–Kier alpha value is -2.38. The lowest BCUT2D eigenvalue weighted by Crippen LogP contribution is -1.94. The maximum atomic E-state index is 5.43. The Labute approximate surface area is 147 Å². The number of fused-ring (bicyclic) bond motifs is 1. The van der Waals surface area contributed by atoms with Crippen LogP contribution in [0.15, 0.2) is 59.5 Å². The highest BCUT2D eigenvalue weighted by Crippen LogP contribution is 2.33. The first-order valence-corrected chi connectivity index (χ1v) is 9.18. The molecular weight excluding hydrogens is 340 g/mol. The summed E-state index contributed by atoms with van der Waals surface area (Å²) < 4.78 is 7.25. The van der Waals surface area contributed by atoms with Crippen LogP contribution in [0, 0.1) is 0 Å². The van der Waals surface area contributed by atoms with Crippen molar-refractivity contribution < 1.29 is 4.74 Å². The van der Waals surface area contributed by atoms with Gasteiger partial charge in [0.2, 0.25) is 4.96 Å². The quantitative estimate of drug-likeness (QED) is 0.504. The van der Waals surface area contributed by atoms with Crippen molar-refractivity contribution in [2.24, 2.45) is 0 Å². The van der Waals surface area contributed by atoms with Gasteiger partial charge >= 0.3 is 0 Å². The van der Waals surface area contributed by atoms with Crippen LogP contribution in [-0.4, -0.2) is 26.9 Å². The number of rotatable bonds is 5. The first kappa shape index (κ1) is 15.2. The third kappa shape index (κ3) is 2.88. The molecule has 0 saturated heterocycles. The molecule has 0 aliphatic rings. The SMILES string of the molecule is COc1ccccc1-c1nn2c(CSc3ccccc3)nnc2s1. The lowest BCUT2D eigenvalue weighted by molar-refractivity contribution is 0.416. The van der Waals surface area contributed by atoms with Crippen LogP contribution in [0.2, 0.25) is 0 Å². The fraction of sp³-hybridized carbons (Fsp3) is 0.118. The second kappa shape index (κ2) is 6.62. The molecule has 0 bridgehead atoms. The molecule has 0 saturated carbocycles. The first-order chi connectivity index (χ1) is 11.8. The van der Waals surface area contributed by atoms with E-state index in [0.29, 0.717) is 0 Å². The summed E-state index contributed by atoms with van der Waals surface area (Å²) in [6, 6.07) is 18.1. The van der Waals surface area contributed by atoms with Crippen molar-refractivity contribution in [1.29, 1.82) is 0 Å². The monoisotopic (exact) mass is 354 g/mol. The van der Waals surface area contributed by atoms with E-state index >= 15 is 0 Å². The van der Waals surface area contributed by atoms with Gasteiger partial charge in [0.1, 0.15) is 5.75 Å². The molecule has 0 fully saturated rings. The van der Waals surface area contributed by atoms with Crippen LogP contribution >= 0.6 is 23.1 Å². The highest BCUT2D eigenvalue weighted by Gasteiger charge is 2.15. The zero-order chi connectivity index (χ0) is 16.4. The predicted octanol–water partition coefficient (Wildman–Crippen LogP) is 4.15. The minimum atomic E-state index is 0.722. The Morgan fingerprint density at radius 1 is 1.04 bits per heavy atom. The Kier molecular flexibility index (Phi) is 4.18. The molecule has 4 aromatic rings. The number of para-hydroxylation sites is 1. The van der Waals surface area contributed by atoms with E-state index in [1.165, 1.54) is 16.2 Å². The number of benzene rings is 2. The van der Waals surface area contributed by atoms with Gasteiger partial charge in [0, 0.05) is 4.90 Å². The fourth-order valence-corrected chi connectivity index (χ4v) is 4.06. The number of aromatic nitrogens is 4. The summed E-state index contributed by atoms with van der Waals surface area (Å²) in [7, 11) is 1.67. The standard InChI is InChI=1S/C17H14N4OS2/c1-22-14-10-6-5-9-13(14)16-20-21-15(18-19-17(21)24-16)11-23-12-7-3-2-4-8-12/h2-10H,11H2,1H3. The topological polar surface area (TPSA) is 52.3 Å². The molecule has 2 aromatic carbocycles. The van der Waals surface area contributed by atoms with Crippen LogP contribution in [0.4, 0.5) is 0 Å². The normalized spacial score (nSPS) is 11.0. The molecule has 0 amide bonds. The lowest BCUT2D eigenvalue weighted by Gasteiger charge is -2.04. The van der Waals surface area contributed by atoms with E-state index in [2.05, 4.69) is 27.4 Å². The average Bonchev–Trinajstić information content (AvgIpc) is 3.22. The summed E-state index contributed by atoms with van der Waals surface area (Å²) in [5.74, 6) is 2.37. The molecule has 0 radical (unpaired) electrons. The minimum Gasteiger partial charge on any atom is -0.496 e. The molecule has 5 nitrogen and oxygen atoms in total. The molecular formula is C17H14N4OS2. The number of methoxy groups -OCH3 is 1. The Morgan fingerprint density at radius 3 is 2.67 bits per heavy atom. The van der Waals surface area contributed by atoms with Gasteiger partial charge in [-0.25, -0.2) is 0 Å². The van der Waals surface area contributed by atoms with E-state index < -0.39 is 0 Å². The molecule has 2 aromatic heterocycles. The van der Waals surface area contributed by atoms with Crippen LogP contribution in [-0.2, 0) is 5.75 Å². The van der Waals surface area contributed by atoms with Crippen molar-refractivity contribution in [3.05, 3.63) is 60.4 Å². The van der Waals surface area contributed by atoms with E-state index in [1.807, 2.05) is 47.0 Å².